The van der Waals surface area contributed by atoms with Gasteiger partial charge in [0.15, 0.2) is 0 Å². The Morgan fingerprint density at radius 2 is 2.40 bits per heavy atom. The van der Waals surface area contributed by atoms with Crippen molar-refractivity contribution < 1.29 is 0 Å². The van der Waals surface area contributed by atoms with Crippen LogP contribution in [-0.4, -0.2) is 19.6 Å². The molecule has 0 saturated carbocycles. The highest BCUT2D eigenvalue weighted by Gasteiger charge is 2.11. The van der Waals surface area contributed by atoms with E-state index in [-0.39, 0.29) is 0 Å². The molecule has 2 heteroatoms. The van der Waals surface area contributed by atoms with Gasteiger partial charge in [0.25, 0.3) is 0 Å². The van der Waals surface area contributed by atoms with Crippen LogP contribution in [0.15, 0.2) is 12.2 Å². The summed E-state index contributed by atoms with van der Waals surface area (Å²) in [5.41, 5.74) is 5.31. The molecule has 1 fully saturated rings. The zero-order valence-electron chi connectivity index (χ0n) is 6.34. The van der Waals surface area contributed by atoms with E-state index in [9.17, 15) is 0 Å². The minimum Gasteiger partial charge on any atom is -0.327 e. The lowest BCUT2D eigenvalue weighted by molar-refractivity contribution is 0.592. The van der Waals surface area contributed by atoms with Crippen molar-refractivity contribution in [2.45, 2.75) is 12.8 Å². The summed E-state index contributed by atoms with van der Waals surface area (Å²) in [5, 5.41) is 3.33. The zero-order chi connectivity index (χ0) is 7.23. The number of nitrogens with one attached hydrogen (secondary N) is 1. The van der Waals surface area contributed by atoms with E-state index in [2.05, 4.69) is 11.4 Å². The maximum Gasteiger partial charge on any atom is 0.0106 e. The number of hydrogen-bond donors (Lipinski definition) is 2. The molecule has 0 bridgehead atoms. The molecule has 0 radical (unpaired) electrons. The fourth-order valence-electron chi connectivity index (χ4n) is 1.30. The van der Waals surface area contributed by atoms with Crippen molar-refractivity contribution >= 4 is 0 Å². The van der Waals surface area contributed by atoms with Gasteiger partial charge in [-0.25, -0.2) is 0 Å². The Kier molecular flexibility index (Phi) is 3.47. The second-order valence-corrected chi connectivity index (χ2v) is 2.80. The normalized spacial score (nSPS) is 26.3. The number of allylic oxidation sites excluding steroid dienone is 1. The topological polar surface area (TPSA) is 38.0 Å². The van der Waals surface area contributed by atoms with Crippen molar-refractivity contribution in [1.29, 1.82) is 0 Å². The van der Waals surface area contributed by atoms with E-state index in [0.717, 1.165) is 5.92 Å². The number of nitrogens with two attached hydrogens (primary N) is 1. The van der Waals surface area contributed by atoms with Gasteiger partial charge in [-0.05, 0) is 31.8 Å². The molecule has 0 amide bonds. The molecule has 0 aromatic rings. The molecule has 0 spiro atoms. The van der Waals surface area contributed by atoms with Crippen molar-refractivity contribution in [2.75, 3.05) is 19.6 Å². The molecule has 1 unspecified atom stereocenters. The molecule has 58 valence electrons. The number of hydrogen-bond acceptors (Lipinski definition) is 2. The Bertz CT molecular complexity index is 104. The fraction of sp³-hybridized carbons (Fsp3) is 0.750. The second kappa shape index (κ2) is 4.47. The van der Waals surface area contributed by atoms with Gasteiger partial charge in [-0.1, -0.05) is 12.2 Å². The van der Waals surface area contributed by atoms with E-state index >= 15 is 0 Å². The second-order valence-electron chi connectivity index (χ2n) is 2.80. The van der Waals surface area contributed by atoms with Gasteiger partial charge in [-0.15, -0.1) is 0 Å². The Hall–Kier alpha value is -0.340. The van der Waals surface area contributed by atoms with Gasteiger partial charge in [0.05, 0.1) is 0 Å². The van der Waals surface area contributed by atoms with Crippen molar-refractivity contribution in [1.82, 2.24) is 5.32 Å². The lowest BCUT2D eigenvalue weighted by Crippen LogP contribution is -2.08. The minimum absolute atomic E-state index is 0.681. The van der Waals surface area contributed by atoms with Crippen LogP contribution < -0.4 is 11.1 Å². The first-order valence-corrected chi connectivity index (χ1v) is 3.99. The quantitative estimate of drug-likeness (QED) is 0.560. The summed E-state index contributed by atoms with van der Waals surface area (Å²) in [6, 6.07) is 0. The monoisotopic (exact) mass is 140 g/mol. The molecule has 1 rings (SSSR count). The van der Waals surface area contributed by atoms with Gasteiger partial charge in [0.1, 0.15) is 0 Å². The van der Waals surface area contributed by atoms with Crippen molar-refractivity contribution in [3.8, 4) is 0 Å². The molecule has 3 N–H and O–H groups in total. The highest BCUT2D eigenvalue weighted by molar-refractivity contribution is 4.86. The first kappa shape index (κ1) is 7.76. The van der Waals surface area contributed by atoms with Crippen LogP contribution >= 0.6 is 0 Å². The van der Waals surface area contributed by atoms with Crippen molar-refractivity contribution in [3.63, 3.8) is 0 Å². The van der Waals surface area contributed by atoms with E-state index in [1.165, 1.54) is 25.9 Å². The molecule has 1 aliphatic heterocycles. The smallest absolute Gasteiger partial charge is 0.0106 e. The maximum absolute atomic E-state index is 5.31. The fourth-order valence-corrected chi connectivity index (χ4v) is 1.30. The summed E-state index contributed by atoms with van der Waals surface area (Å²) in [5.74, 6) is 0.864. The Labute approximate surface area is 62.5 Å². The average molecular weight is 140 g/mol. The molecule has 1 saturated heterocycles. The van der Waals surface area contributed by atoms with Crippen LogP contribution in [0.25, 0.3) is 0 Å². The van der Waals surface area contributed by atoms with E-state index < -0.39 is 0 Å². The van der Waals surface area contributed by atoms with Gasteiger partial charge in [0, 0.05) is 6.54 Å². The van der Waals surface area contributed by atoms with Crippen LogP contribution in [0, 0.1) is 5.92 Å². The van der Waals surface area contributed by atoms with Gasteiger partial charge >= 0.3 is 0 Å². The summed E-state index contributed by atoms with van der Waals surface area (Å²) in [6.07, 6.45) is 6.76. The van der Waals surface area contributed by atoms with Gasteiger partial charge in [-0.2, -0.15) is 0 Å². The average Bonchev–Trinajstić information content (AvgIpc) is 2.41. The van der Waals surface area contributed by atoms with E-state index in [0.29, 0.717) is 6.54 Å². The summed E-state index contributed by atoms with van der Waals surface area (Å²) >= 11 is 0. The standard InChI is InChI=1S/C8H16N2/c9-5-2-1-3-8-4-6-10-7-8/h1-2,8,10H,3-7,9H2/b2-1-. The molecule has 0 aliphatic carbocycles. The lowest BCUT2D eigenvalue weighted by atomic mass is 10.1. The van der Waals surface area contributed by atoms with Crippen LogP contribution in [-0.2, 0) is 0 Å². The largest absolute Gasteiger partial charge is 0.327 e. The molecular weight excluding hydrogens is 124 g/mol. The summed E-state index contributed by atoms with van der Waals surface area (Å²) in [4.78, 5) is 0. The van der Waals surface area contributed by atoms with Gasteiger partial charge in [-0.3, -0.25) is 0 Å². The van der Waals surface area contributed by atoms with E-state index in [1.54, 1.807) is 0 Å². The summed E-state index contributed by atoms with van der Waals surface area (Å²) in [7, 11) is 0. The molecule has 1 atom stereocenters. The third-order valence-electron chi connectivity index (χ3n) is 1.93. The molecule has 1 heterocycles. The molecule has 10 heavy (non-hydrogen) atoms. The van der Waals surface area contributed by atoms with Crippen LogP contribution in [0.4, 0.5) is 0 Å². The predicted octanol–water partition coefficient (Wildman–Crippen LogP) is 0.501. The Balaban J connectivity index is 2.06. The highest BCUT2D eigenvalue weighted by Crippen LogP contribution is 2.11. The van der Waals surface area contributed by atoms with Crippen molar-refractivity contribution in [3.05, 3.63) is 12.2 Å². The van der Waals surface area contributed by atoms with Crippen molar-refractivity contribution in [2.24, 2.45) is 11.7 Å². The first-order valence-electron chi connectivity index (χ1n) is 3.99. The van der Waals surface area contributed by atoms with Crippen LogP contribution in [0.2, 0.25) is 0 Å². The Morgan fingerprint density at radius 1 is 1.50 bits per heavy atom. The Morgan fingerprint density at radius 3 is 3.00 bits per heavy atom. The SMILES string of the molecule is NC/C=C\CC1CCNC1. The lowest BCUT2D eigenvalue weighted by Gasteiger charge is -2.01. The molecular formula is C8H16N2. The maximum atomic E-state index is 5.31. The molecule has 0 aromatic heterocycles. The molecule has 2 nitrogen and oxygen atoms in total. The first-order chi connectivity index (χ1) is 4.93. The van der Waals surface area contributed by atoms with Crippen LogP contribution in [0.3, 0.4) is 0 Å². The molecule has 0 aromatic carbocycles. The summed E-state index contributed by atoms with van der Waals surface area (Å²) < 4.78 is 0. The molecule has 1 aliphatic rings. The third-order valence-corrected chi connectivity index (χ3v) is 1.93. The summed E-state index contributed by atoms with van der Waals surface area (Å²) in [6.45, 7) is 3.07. The number of rotatable bonds is 3. The predicted molar refractivity (Wildman–Crippen MR) is 43.8 cm³/mol. The van der Waals surface area contributed by atoms with Gasteiger partial charge < -0.3 is 11.1 Å². The minimum atomic E-state index is 0.681. The van der Waals surface area contributed by atoms with Crippen LogP contribution in [0.1, 0.15) is 12.8 Å². The van der Waals surface area contributed by atoms with Gasteiger partial charge in [0.2, 0.25) is 0 Å². The third kappa shape index (κ3) is 2.50. The van der Waals surface area contributed by atoms with E-state index in [1.807, 2.05) is 6.08 Å². The van der Waals surface area contributed by atoms with E-state index in [4.69, 9.17) is 5.73 Å². The zero-order valence-corrected chi connectivity index (χ0v) is 6.34. The van der Waals surface area contributed by atoms with Crippen LogP contribution in [0.5, 0.6) is 0 Å². The highest BCUT2D eigenvalue weighted by atomic mass is 14.9.